The third-order valence-electron chi connectivity index (χ3n) is 4.94. The van der Waals surface area contributed by atoms with Crippen LogP contribution in [0.3, 0.4) is 0 Å². The van der Waals surface area contributed by atoms with Crippen LogP contribution in [-0.2, 0) is 4.79 Å². The van der Waals surface area contributed by atoms with E-state index < -0.39 is 5.60 Å². The summed E-state index contributed by atoms with van der Waals surface area (Å²) in [5.74, 6) is 0.941. The van der Waals surface area contributed by atoms with Crippen LogP contribution >= 0.6 is 15.9 Å². The molecule has 0 atom stereocenters. The van der Waals surface area contributed by atoms with Crippen molar-refractivity contribution in [3.8, 4) is 17.2 Å². The van der Waals surface area contributed by atoms with Gasteiger partial charge in [0.1, 0.15) is 11.3 Å². The van der Waals surface area contributed by atoms with E-state index in [0.29, 0.717) is 17.3 Å². The first kappa shape index (κ1) is 21.1. The molecule has 0 aliphatic rings. The van der Waals surface area contributed by atoms with Crippen molar-refractivity contribution in [1.82, 2.24) is 4.98 Å². The number of carbonyl (C=O) groups excluding carboxylic acids is 1. The average Bonchev–Trinajstić information content (AvgIpc) is 3.14. The molecular weight excluding hydrogens is 456 g/mol. The molecule has 6 heteroatoms. The van der Waals surface area contributed by atoms with Gasteiger partial charge in [0.15, 0.2) is 11.2 Å². The van der Waals surface area contributed by atoms with Gasteiger partial charge in [0, 0.05) is 15.7 Å². The van der Waals surface area contributed by atoms with Crippen LogP contribution in [0.5, 0.6) is 5.75 Å². The molecule has 4 rings (SSSR count). The summed E-state index contributed by atoms with van der Waals surface area (Å²) >= 11 is 3.39. The third kappa shape index (κ3) is 4.64. The second-order valence-corrected chi connectivity index (χ2v) is 8.96. The average molecular weight is 479 g/mol. The maximum Gasteiger partial charge on any atom is 0.267 e. The Kier molecular flexibility index (Phi) is 5.58. The number of nitrogens with zero attached hydrogens (tertiary/aromatic N) is 1. The number of rotatable bonds is 5. The molecule has 31 heavy (non-hydrogen) atoms. The van der Waals surface area contributed by atoms with Gasteiger partial charge in [-0.3, -0.25) is 4.79 Å². The number of fused-ring (bicyclic) bond motifs is 1. The van der Waals surface area contributed by atoms with E-state index in [0.717, 1.165) is 32.3 Å². The van der Waals surface area contributed by atoms with Crippen LogP contribution < -0.4 is 10.1 Å². The standard InChI is InChI=1S/C25H23BrN2O3/c1-15-13-16(2)22-21(14-15)28-23(30-22)17-5-9-19(10-6-17)27-24(29)25(3,4)31-20-11-7-18(26)8-12-20/h5-14H,1-4H3,(H,27,29). The number of hydrogen-bond donors (Lipinski definition) is 1. The smallest absolute Gasteiger partial charge is 0.267 e. The van der Waals surface area contributed by atoms with Crippen LogP contribution in [-0.4, -0.2) is 16.5 Å². The Morgan fingerprint density at radius 1 is 1.03 bits per heavy atom. The minimum Gasteiger partial charge on any atom is -0.478 e. The number of carbonyl (C=O) groups is 1. The number of hydrogen-bond acceptors (Lipinski definition) is 4. The Morgan fingerprint density at radius 2 is 1.71 bits per heavy atom. The summed E-state index contributed by atoms with van der Waals surface area (Å²) in [5.41, 5.74) is 4.33. The van der Waals surface area contributed by atoms with Crippen molar-refractivity contribution in [2.45, 2.75) is 33.3 Å². The predicted molar refractivity (Wildman–Crippen MR) is 126 cm³/mol. The predicted octanol–water partition coefficient (Wildman–Crippen LogP) is 6.67. The molecule has 0 bridgehead atoms. The van der Waals surface area contributed by atoms with Crippen molar-refractivity contribution in [2.24, 2.45) is 0 Å². The molecule has 1 heterocycles. The fraction of sp³-hybridized carbons (Fsp3) is 0.200. The molecule has 1 aromatic heterocycles. The molecule has 0 fully saturated rings. The Morgan fingerprint density at radius 3 is 2.39 bits per heavy atom. The number of aryl methyl sites for hydroxylation is 2. The van der Waals surface area contributed by atoms with Gasteiger partial charge >= 0.3 is 0 Å². The molecule has 158 valence electrons. The van der Waals surface area contributed by atoms with Gasteiger partial charge < -0.3 is 14.5 Å². The van der Waals surface area contributed by atoms with Gasteiger partial charge in [-0.2, -0.15) is 0 Å². The van der Waals surface area contributed by atoms with E-state index in [-0.39, 0.29) is 5.91 Å². The SMILES string of the molecule is Cc1cc(C)c2oc(-c3ccc(NC(=O)C(C)(C)Oc4ccc(Br)cc4)cc3)nc2c1. The molecule has 0 saturated heterocycles. The highest BCUT2D eigenvalue weighted by atomic mass is 79.9. The van der Waals surface area contributed by atoms with E-state index in [1.165, 1.54) is 0 Å². The molecule has 1 N–H and O–H groups in total. The number of benzene rings is 3. The summed E-state index contributed by atoms with van der Waals surface area (Å²) in [6, 6.07) is 18.9. The highest BCUT2D eigenvalue weighted by Crippen LogP contribution is 2.28. The molecule has 5 nitrogen and oxygen atoms in total. The maximum absolute atomic E-state index is 12.8. The fourth-order valence-electron chi connectivity index (χ4n) is 3.32. The number of halogens is 1. The summed E-state index contributed by atoms with van der Waals surface area (Å²) < 4.78 is 12.8. The first-order valence-electron chi connectivity index (χ1n) is 9.95. The molecule has 3 aromatic carbocycles. The van der Waals surface area contributed by atoms with Crippen LogP contribution in [0.15, 0.2) is 69.6 Å². The highest BCUT2D eigenvalue weighted by molar-refractivity contribution is 9.10. The van der Waals surface area contributed by atoms with Crippen molar-refractivity contribution < 1.29 is 13.9 Å². The van der Waals surface area contributed by atoms with E-state index in [9.17, 15) is 4.79 Å². The summed E-state index contributed by atoms with van der Waals surface area (Å²) in [6.45, 7) is 7.53. The highest BCUT2D eigenvalue weighted by Gasteiger charge is 2.30. The van der Waals surface area contributed by atoms with Crippen LogP contribution in [0, 0.1) is 13.8 Å². The van der Waals surface area contributed by atoms with Gasteiger partial charge in [-0.15, -0.1) is 0 Å². The van der Waals surface area contributed by atoms with Crippen molar-refractivity contribution in [2.75, 3.05) is 5.32 Å². The summed E-state index contributed by atoms with van der Waals surface area (Å²) in [7, 11) is 0. The summed E-state index contributed by atoms with van der Waals surface area (Å²) in [4.78, 5) is 17.4. The lowest BCUT2D eigenvalue weighted by Crippen LogP contribution is -2.42. The molecule has 0 radical (unpaired) electrons. The lowest BCUT2D eigenvalue weighted by Gasteiger charge is -2.25. The van der Waals surface area contributed by atoms with E-state index in [1.807, 2.05) is 68.4 Å². The lowest BCUT2D eigenvalue weighted by atomic mass is 10.1. The summed E-state index contributed by atoms with van der Waals surface area (Å²) in [6.07, 6.45) is 0. The zero-order valence-electron chi connectivity index (χ0n) is 17.8. The zero-order valence-corrected chi connectivity index (χ0v) is 19.4. The number of amides is 1. The van der Waals surface area contributed by atoms with Gasteiger partial charge in [0.2, 0.25) is 5.89 Å². The molecule has 0 aliphatic heterocycles. The quantitative estimate of drug-likeness (QED) is 0.347. The van der Waals surface area contributed by atoms with E-state index in [1.54, 1.807) is 13.8 Å². The van der Waals surface area contributed by atoms with Gasteiger partial charge in [-0.25, -0.2) is 4.98 Å². The Balaban J connectivity index is 1.48. The lowest BCUT2D eigenvalue weighted by molar-refractivity contribution is -0.128. The minimum absolute atomic E-state index is 0.240. The van der Waals surface area contributed by atoms with Gasteiger partial charge in [0.05, 0.1) is 0 Å². The summed E-state index contributed by atoms with van der Waals surface area (Å²) in [5, 5.41) is 2.91. The van der Waals surface area contributed by atoms with E-state index >= 15 is 0 Å². The first-order chi connectivity index (χ1) is 14.7. The molecule has 0 spiro atoms. The number of aromatic nitrogens is 1. The zero-order chi connectivity index (χ0) is 22.2. The monoisotopic (exact) mass is 478 g/mol. The largest absolute Gasteiger partial charge is 0.478 e. The molecule has 0 aliphatic carbocycles. The first-order valence-corrected chi connectivity index (χ1v) is 10.7. The third-order valence-corrected chi connectivity index (χ3v) is 5.47. The van der Waals surface area contributed by atoms with Crippen molar-refractivity contribution in [3.63, 3.8) is 0 Å². The number of nitrogens with one attached hydrogen (secondary N) is 1. The Hall–Kier alpha value is -3.12. The molecule has 0 unspecified atom stereocenters. The van der Waals surface area contributed by atoms with Crippen LogP contribution in [0.25, 0.3) is 22.6 Å². The Bertz CT molecular complexity index is 1240. The molecule has 4 aromatic rings. The van der Waals surface area contributed by atoms with Crippen LogP contribution in [0.2, 0.25) is 0 Å². The van der Waals surface area contributed by atoms with Crippen LogP contribution in [0.4, 0.5) is 5.69 Å². The van der Waals surface area contributed by atoms with Crippen molar-refractivity contribution in [1.29, 1.82) is 0 Å². The Labute approximate surface area is 189 Å². The normalized spacial score (nSPS) is 11.5. The topological polar surface area (TPSA) is 64.4 Å². The van der Waals surface area contributed by atoms with Gasteiger partial charge in [0.25, 0.3) is 5.91 Å². The van der Waals surface area contributed by atoms with E-state index in [4.69, 9.17) is 9.15 Å². The minimum atomic E-state index is -1.04. The molecular formula is C25H23BrN2O3. The molecule has 0 saturated carbocycles. The van der Waals surface area contributed by atoms with Crippen molar-refractivity contribution >= 4 is 38.6 Å². The maximum atomic E-state index is 12.8. The second-order valence-electron chi connectivity index (χ2n) is 8.05. The van der Waals surface area contributed by atoms with Crippen LogP contribution in [0.1, 0.15) is 25.0 Å². The second kappa shape index (κ2) is 8.19. The molecule has 1 amide bonds. The van der Waals surface area contributed by atoms with Crippen molar-refractivity contribution in [3.05, 3.63) is 76.3 Å². The number of oxazole rings is 1. The van der Waals surface area contributed by atoms with Gasteiger partial charge in [-0.1, -0.05) is 22.0 Å². The fourth-order valence-corrected chi connectivity index (χ4v) is 3.59. The number of anilines is 1. The number of ether oxygens (including phenoxy) is 1. The van der Waals surface area contributed by atoms with E-state index in [2.05, 4.69) is 32.3 Å². The van der Waals surface area contributed by atoms with Gasteiger partial charge in [-0.05, 0) is 93.4 Å².